The molecule has 0 bridgehead atoms. The van der Waals surface area contributed by atoms with E-state index in [4.69, 9.17) is 13.9 Å². The van der Waals surface area contributed by atoms with E-state index in [1.54, 1.807) is 18.2 Å². The van der Waals surface area contributed by atoms with Crippen molar-refractivity contribution in [1.82, 2.24) is 10.2 Å². The molecule has 9 nitrogen and oxygen atoms in total. The molecule has 3 rings (SSSR count). The highest BCUT2D eigenvalue weighted by atomic mass is 79.9. The molecule has 10 heteroatoms. The number of imide groups is 1. The van der Waals surface area contributed by atoms with Crippen LogP contribution in [-0.2, 0) is 16.1 Å². The quantitative estimate of drug-likeness (QED) is 0.261. The minimum atomic E-state index is -0.650. The summed E-state index contributed by atoms with van der Waals surface area (Å²) in [7, 11) is 2.72. The van der Waals surface area contributed by atoms with Gasteiger partial charge >= 0.3 is 12.0 Å². The van der Waals surface area contributed by atoms with Crippen molar-refractivity contribution in [2.24, 2.45) is 0 Å². The molecule has 3 amide bonds. The number of hydrogen-bond donors (Lipinski definition) is 1. The topological polar surface area (TPSA) is 107 Å². The van der Waals surface area contributed by atoms with Crippen molar-refractivity contribution >= 4 is 39.9 Å². The number of urea groups is 1. The van der Waals surface area contributed by atoms with E-state index in [-0.39, 0.29) is 23.8 Å². The molecule has 0 radical (unpaired) electrons. The molecule has 1 fully saturated rings. The largest absolute Gasteiger partial charge is 0.493 e. The van der Waals surface area contributed by atoms with Gasteiger partial charge in [-0.1, -0.05) is 28.6 Å². The second-order valence-corrected chi connectivity index (χ2v) is 7.12. The molecule has 1 N–H and O–H groups in total. The van der Waals surface area contributed by atoms with Crippen LogP contribution in [0.4, 0.5) is 4.79 Å². The lowest BCUT2D eigenvalue weighted by molar-refractivity contribution is -0.123. The highest BCUT2D eigenvalue weighted by Crippen LogP contribution is 2.35. The first-order valence-corrected chi connectivity index (χ1v) is 9.80. The van der Waals surface area contributed by atoms with Crippen molar-refractivity contribution in [3.8, 4) is 11.5 Å². The fraction of sp³-hybridized carbons (Fsp3) is 0.190. The van der Waals surface area contributed by atoms with Crippen molar-refractivity contribution < 1.29 is 33.0 Å². The van der Waals surface area contributed by atoms with Crippen molar-refractivity contribution in [3.63, 3.8) is 0 Å². The van der Waals surface area contributed by atoms with E-state index < -0.39 is 17.9 Å². The Morgan fingerprint density at radius 2 is 2.03 bits per heavy atom. The molecule has 162 valence electrons. The molecular formula is C21H19BrN2O7. The van der Waals surface area contributed by atoms with Gasteiger partial charge in [0, 0.05) is 4.47 Å². The van der Waals surface area contributed by atoms with Gasteiger partial charge in [0.15, 0.2) is 11.5 Å². The number of nitrogens with one attached hydrogen (secondary N) is 1. The number of esters is 1. The average molecular weight is 491 g/mol. The molecule has 31 heavy (non-hydrogen) atoms. The lowest BCUT2D eigenvalue weighted by Crippen LogP contribution is -2.30. The number of furan rings is 1. The normalized spacial score (nSPS) is 14.5. The first-order chi connectivity index (χ1) is 14.9. The summed E-state index contributed by atoms with van der Waals surface area (Å²) in [5.74, 6) is 0.00423. The molecule has 1 aromatic carbocycles. The van der Waals surface area contributed by atoms with Gasteiger partial charge < -0.3 is 23.9 Å². The smallest absolute Gasteiger partial charge is 0.373 e. The number of amides is 3. The van der Waals surface area contributed by atoms with E-state index in [0.29, 0.717) is 28.1 Å². The molecule has 0 saturated carbocycles. The molecule has 1 aliphatic heterocycles. The monoisotopic (exact) mass is 490 g/mol. The fourth-order valence-electron chi connectivity index (χ4n) is 2.78. The summed E-state index contributed by atoms with van der Waals surface area (Å²) in [6.07, 6.45) is 3.13. The van der Waals surface area contributed by atoms with Crippen LogP contribution in [0.3, 0.4) is 0 Å². The third-order valence-corrected chi connectivity index (χ3v) is 4.95. The highest BCUT2D eigenvalue weighted by molar-refractivity contribution is 9.10. The number of carbonyl (C=O) groups is 3. The number of ether oxygens (including phenoxy) is 3. The summed E-state index contributed by atoms with van der Waals surface area (Å²) in [5.41, 5.74) is 0.673. The van der Waals surface area contributed by atoms with E-state index >= 15 is 0 Å². The van der Waals surface area contributed by atoms with Crippen molar-refractivity contribution in [2.75, 3.05) is 20.8 Å². The van der Waals surface area contributed by atoms with Gasteiger partial charge in [0.2, 0.25) is 5.76 Å². The first kappa shape index (κ1) is 22.2. The average Bonchev–Trinajstić information content (AvgIpc) is 3.33. The van der Waals surface area contributed by atoms with Crippen LogP contribution in [0.15, 0.2) is 51.5 Å². The van der Waals surface area contributed by atoms with Gasteiger partial charge in [0.25, 0.3) is 5.91 Å². The van der Waals surface area contributed by atoms with Crippen LogP contribution in [0.1, 0.15) is 21.9 Å². The zero-order valence-electron chi connectivity index (χ0n) is 16.8. The van der Waals surface area contributed by atoms with Gasteiger partial charge in [-0.2, -0.15) is 0 Å². The van der Waals surface area contributed by atoms with E-state index in [2.05, 4.69) is 32.6 Å². The van der Waals surface area contributed by atoms with Crippen LogP contribution in [0, 0.1) is 0 Å². The number of rotatable bonds is 8. The molecule has 1 aliphatic rings. The molecule has 1 aromatic heterocycles. The summed E-state index contributed by atoms with van der Waals surface area (Å²) >= 11 is 3.43. The summed E-state index contributed by atoms with van der Waals surface area (Å²) in [6, 6.07) is 5.67. The SMILES string of the molecule is C=CCOc1cc(Br)c(C=C2NC(=O)N(Cc3ccc(C(=O)OC)o3)C2=O)cc1OC. The maximum atomic E-state index is 12.8. The third-order valence-electron chi connectivity index (χ3n) is 4.26. The Labute approximate surface area is 186 Å². The number of methoxy groups -OCH3 is 2. The molecule has 0 unspecified atom stereocenters. The summed E-state index contributed by atoms with van der Waals surface area (Å²) in [5, 5.41) is 2.54. The van der Waals surface area contributed by atoms with Gasteiger partial charge in [-0.15, -0.1) is 0 Å². The van der Waals surface area contributed by atoms with E-state index in [1.807, 2.05) is 0 Å². The fourth-order valence-corrected chi connectivity index (χ4v) is 3.22. The molecule has 1 saturated heterocycles. The van der Waals surface area contributed by atoms with Gasteiger partial charge in [-0.3, -0.25) is 9.69 Å². The summed E-state index contributed by atoms with van der Waals surface area (Å²) in [6.45, 7) is 3.77. The Balaban J connectivity index is 1.82. The minimum Gasteiger partial charge on any atom is -0.493 e. The first-order valence-electron chi connectivity index (χ1n) is 9.00. The zero-order chi connectivity index (χ0) is 22.5. The lowest BCUT2D eigenvalue weighted by atomic mass is 10.1. The summed E-state index contributed by atoms with van der Waals surface area (Å²) in [4.78, 5) is 37.5. The van der Waals surface area contributed by atoms with Crippen LogP contribution in [0.2, 0.25) is 0 Å². The Morgan fingerprint density at radius 1 is 1.26 bits per heavy atom. The zero-order valence-corrected chi connectivity index (χ0v) is 18.4. The molecular weight excluding hydrogens is 472 g/mol. The maximum absolute atomic E-state index is 12.8. The molecule has 0 aliphatic carbocycles. The number of halogens is 1. The number of hydrogen-bond acceptors (Lipinski definition) is 7. The summed E-state index contributed by atoms with van der Waals surface area (Å²) < 4.78 is 21.4. The molecule has 0 atom stereocenters. The van der Waals surface area contributed by atoms with Crippen molar-refractivity contribution in [1.29, 1.82) is 0 Å². The van der Waals surface area contributed by atoms with Crippen LogP contribution in [-0.4, -0.2) is 43.6 Å². The number of carbonyl (C=O) groups excluding carboxylic acids is 3. The number of nitrogens with zero attached hydrogens (tertiary/aromatic N) is 1. The van der Waals surface area contributed by atoms with Gasteiger partial charge in [0.05, 0.1) is 20.8 Å². The predicted octanol–water partition coefficient (Wildman–Crippen LogP) is 3.50. The molecule has 2 heterocycles. The molecule has 0 spiro atoms. The Kier molecular flexibility index (Phi) is 6.81. The third kappa shape index (κ3) is 4.80. The standard InChI is InChI=1S/C21H19BrN2O7/c1-4-7-30-18-10-14(22)12(9-17(18)28-2)8-15-19(25)24(21(27)23-15)11-13-5-6-16(31-13)20(26)29-3/h4-6,8-10H,1,7,11H2,2-3H3,(H,23,27). The van der Waals surface area contributed by atoms with Crippen LogP contribution >= 0.6 is 15.9 Å². The Bertz CT molecular complexity index is 1070. The second-order valence-electron chi connectivity index (χ2n) is 6.26. The van der Waals surface area contributed by atoms with Gasteiger partial charge in [-0.25, -0.2) is 9.59 Å². The maximum Gasteiger partial charge on any atom is 0.373 e. The molecule has 2 aromatic rings. The Hall–Kier alpha value is -3.53. The highest BCUT2D eigenvalue weighted by Gasteiger charge is 2.34. The van der Waals surface area contributed by atoms with E-state index in [0.717, 1.165) is 4.90 Å². The van der Waals surface area contributed by atoms with Crippen LogP contribution in [0.5, 0.6) is 11.5 Å². The van der Waals surface area contributed by atoms with Crippen LogP contribution < -0.4 is 14.8 Å². The number of benzene rings is 1. The van der Waals surface area contributed by atoms with Crippen LogP contribution in [0.25, 0.3) is 6.08 Å². The lowest BCUT2D eigenvalue weighted by Gasteiger charge is -2.12. The predicted molar refractivity (Wildman–Crippen MR) is 113 cm³/mol. The van der Waals surface area contributed by atoms with E-state index in [9.17, 15) is 14.4 Å². The van der Waals surface area contributed by atoms with Crippen molar-refractivity contribution in [2.45, 2.75) is 6.54 Å². The minimum absolute atomic E-state index is 0.0184. The van der Waals surface area contributed by atoms with E-state index in [1.165, 1.54) is 32.4 Å². The van der Waals surface area contributed by atoms with Crippen molar-refractivity contribution in [3.05, 3.63) is 64.2 Å². The second kappa shape index (κ2) is 9.52. The van der Waals surface area contributed by atoms with Gasteiger partial charge in [-0.05, 0) is 35.9 Å². The van der Waals surface area contributed by atoms with Gasteiger partial charge in [0.1, 0.15) is 18.1 Å². The Morgan fingerprint density at radius 3 is 2.71 bits per heavy atom.